The first-order valence-corrected chi connectivity index (χ1v) is 8.37. The maximum atomic E-state index is 12.5. The summed E-state index contributed by atoms with van der Waals surface area (Å²) in [4.78, 5) is 26.5. The van der Waals surface area contributed by atoms with Crippen LogP contribution in [0.2, 0.25) is 5.02 Å². The Morgan fingerprint density at radius 2 is 1.92 bits per heavy atom. The van der Waals surface area contributed by atoms with Crippen molar-refractivity contribution in [2.24, 2.45) is 11.7 Å². The average molecular weight is 374 g/mol. The quantitative estimate of drug-likeness (QED) is 0.850. The molecule has 0 radical (unpaired) electrons. The van der Waals surface area contributed by atoms with Gasteiger partial charge in [-0.2, -0.15) is 0 Å². The van der Waals surface area contributed by atoms with Gasteiger partial charge in [0.25, 0.3) is 5.91 Å². The van der Waals surface area contributed by atoms with Gasteiger partial charge in [0.1, 0.15) is 6.04 Å². The molecule has 3 unspecified atom stereocenters. The third-order valence-corrected chi connectivity index (χ3v) is 4.59. The molecule has 134 valence electrons. The van der Waals surface area contributed by atoms with Gasteiger partial charge in [0.2, 0.25) is 5.91 Å². The SMILES string of the molecule is CC(NC(=O)c1ccc(Cl)cc1)C(=O)N1CCCC(C(C)N)C1.Cl. The van der Waals surface area contributed by atoms with E-state index in [1.807, 2.05) is 11.8 Å². The van der Waals surface area contributed by atoms with E-state index < -0.39 is 6.04 Å². The minimum atomic E-state index is -0.565. The van der Waals surface area contributed by atoms with E-state index in [0.717, 1.165) is 19.4 Å². The Labute approximate surface area is 154 Å². The van der Waals surface area contributed by atoms with E-state index >= 15 is 0 Å². The average Bonchev–Trinajstić information content (AvgIpc) is 2.54. The van der Waals surface area contributed by atoms with Crippen LogP contribution in [0.5, 0.6) is 0 Å². The zero-order valence-corrected chi connectivity index (χ0v) is 15.6. The molecule has 1 fully saturated rings. The minimum Gasteiger partial charge on any atom is -0.341 e. The van der Waals surface area contributed by atoms with Crippen LogP contribution in [0.15, 0.2) is 24.3 Å². The molecule has 1 aliphatic heterocycles. The summed E-state index contributed by atoms with van der Waals surface area (Å²) < 4.78 is 0. The van der Waals surface area contributed by atoms with Crippen LogP contribution >= 0.6 is 24.0 Å². The van der Waals surface area contributed by atoms with Crippen molar-refractivity contribution in [1.29, 1.82) is 0 Å². The fourth-order valence-electron chi connectivity index (χ4n) is 2.86. The number of halogens is 2. The summed E-state index contributed by atoms with van der Waals surface area (Å²) in [5.41, 5.74) is 6.44. The lowest BCUT2D eigenvalue weighted by Crippen LogP contribution is -2.51. The van der Waals surface area contributed by atoms with E-state index in [-0.39, 0.29) is 30.3 Å². The Balaban J connectivity index is 0.00000288. The number of rotatable bonds is 4. The smallest absolute Gasteiger partial charge is 0.251 e. The molecule has 1 aromatic rings. The number of hydrogen-bond acceptors (Lipinski definition) is 3. The lowest BCUT2D eigenvalue weighted by Gasteiger charge is -2.36. The normalized spacial score (nSPS) is 19.8. The van der Waals surface area contributed by atoms with Gasteiger partial charge in [-0.1, -0.05) is 11.6 Å². The van der Waals surface area contributed by atoms with E-state index in [2.05, 4.69) is 5.32 Å². The van der Waals surface area contributed by atoms with Crippen LogP contribution in [-0.4, -0.2) is 41.9 Å². The highest BCUT2D eigenvalue weighted by Crippen LogP contribution is 2.19. The molecule has 2 amide bonds. The Kier molecular flexibility index (Phi) is 8.00. The van der Waals surface area contributed by atoms with Gasteiger partial charge >= 0.3 is 0 Å². The molecule has 5 nitrogen and oxygen atoms in total. The van der Waals surface area contributed by atoms with Gasteiger partial charge in [-0.05, 0) is 56.9 Å². The lowest BCUT2D eigenvalue weighted by atomic mass is 9.92. The number of likely N-dealkylation sites (tertiary alicyclic amines) is 1. The van der Waals surface area contributed by atoms with Crippen LogP contribution in [0, 0.1) is 5.92 Å². The molecule has 0 bridgehead atoms. The van der Waals surface area contributed by atoms with Crippen LogP contribution in [0.25, 0.3) is 0 Å². The Morgan fingerprint density at radius 1 is 1.29 bits per heavy atom. The van der Waals surface area contributed by atoms with Gasteiger partial charge < -0.3 is 16.0 Å². The second-order valence-corrected chi connectivity index (χ2v) is 6.68. The molecule has 0 saturated carbocycles. The van der Waals surface area contributed by atoms with Crippen molar-refractivity contribution < 1.29 is 9.59 Å². The molecule has 1 heterocycles. The van der Waals surface area contributed by atoms with Crippen LogP contribution in [-0.2, 0) is 4.79 Å². The maximum absolute atomic E-state index is 12.5. The van der Waals surface area contributed by atoms with Gasteiger partial charge in [0, 0.05) is 29.7 Å². The molecule has 0 aromatic heterocycles. The number of hydrogen-bond donors (Lipinski definition) is 2. The fourth-order valence-corrected chi connectivity index (χ4v) is 2.98. The summed E-state index contributed by atoms with van der Waals surface area (Å²) in [7, 11) is 0. The largest absolute Gasteiger partial charge is 0.341 e. The van der Waals surface area contributed by atoms with E-state index in [9.17, 15) is 9.59 Å². The van der Waals surface area contributed by atoms with E-state index in [1.165, 1.54) is 0 Å². The van der Waals surface area contributed by atoms with E-state index in [4.69, 9.17) is 17.3 Å². The molecule has 1 aliphatic rings. The highest BCUT2D eigenvalue weighted by Gasteiger charge is 2.29. The van der Waals surface area contributed by atoms with Crippen molar-refractivity contribution in [2.45, 2.75) is 38.8 Å². The predicted octanol–water partition coefficient (Wildman–Crippen LogP) is 2.47. The second-order valence-electron chi connectivity index (χ2n) is 6.25. The fraction of sp³-hybridized carbons (Fsp3) is 0.529. The molecular weight excluding hydrogens is 349 g/mol. The molecule has 7 heteroatoms. The Morgan fingerprint density at radius 3 is 2.50 bits per heavy atom. The van der Waals surface area contributed by atoms with Crippen molar-refractivity contribution in [1.82, 2.24) is 10.2 Å². The van der Waals surface area contributed by atoms with Crippen molar-refractivity contribution in [3.05, 3.63) is 34.9 Å². The van der Waals surface area contributed by atoms with Crippen molar-refractivity contribution in [2.75, 3.05) is 13.1 Å². The third-order valence-electron chi connectivity index (χ3n) is 4.34. The number of carbonyl (C=O) groups is 2. The van der Waals surface area contributed by atoms with Gasteiger partial charge in [-0.15, -0.1) is 12.4 Å². The molecule has 1 aromatic carbocycles. The molecule has 24 heavy (non-hydrogen) atoms. The maximum Gasteiger partial charge on any atom is 0.251 e. The molecule has 2 rings (SSSR count). The van der Waals surface area contributed by atoms with Gasteiger partial charge in [-0.3, -0.25) is 9.59 Å². The van der Waals surface area contributed by atoms with Crippen LogP contribution in [0.3, 0.4) is 0 Å². The summed E-state index contributed by atoms with van der Waals surface area (Å²) in [5, 5.41) is 3.32. The number of benzene rings is 1. The number of carbonyl (C=O) groups excluding carboxylic acids is 2. The summed E-state index contributed by atoms with van der Waals surface area (Å²) in [5.74, 6) is -0.00667. The summed E-state index contributed by atoms with van der Waals surface area (Å²) in [6.45, 7) is 5.08. The van der Waals surface area contributed by atoms with Crippen LogP contribution in [0.4, 0.5) is 0 Å². The number of nitrogens with two attached hydrogens (primary N) is 1. The predicted molar refractivity (Wildman–Crippen MR) is 98.6 cm³/mol. The first kappa shape index (κ1) is 20.7. The van der Waals surface area contributed by atoms with E-state index in [0.29, 0.717) is 23.0 Å². The molecule has 3 N–H and O–H groups in total. The molecule has 1 saturated heterocycles. The molecular formula is C17H25Cl2N3O2. The number of nitrogens with zero attached hydrogens (tertiary/aromatic N) is 1. The standard InChI is InChI=1S/C17H24ClN3O2.ClH/c1-11(19)14-4-3-9-21(10-14)17(23)12(2)20-16(22)13-5-7-15(18)8-6-13;/h5-8,11-12,14H,3-4,9-10,19H2,1-2H3,(H,20,22);1H. The lowest BCUT2D eigenvalue weighted by molar-refractivity contribution is -0.134. The number of piperidine rings is 1. The third kappa shape index (κ3) is 5.36. The minimum absolute atomic E-state index is 0. The van der Waals surface area contributed by atoms with Gasteiger partial charge in [0.05, 0.1) is 0 Å². The molecule has 0 aliphatic carbocycles. The Bertz CT molecular complexity index is 563. The molecule has 3 atom stereocenters. The number of nitrogens with one attached hydrogen (secondary N) is 1. The number of amides is 2. The van der Waals surface area contributed by atoms with Gasteiger partial charge in [0.15, 0.2) is 0 Å². The highest BCUT2D eigenvalue weighted by molar-refractivity contribution is 6.30. The zero-order chi connectivity index (χ0) is 17.0. The van der Waals surface area contributed by atoms with Crippen molar-refractivity contribution in [3.8, 4) is 0 Å². The van der Waals surface area contributed by atoms with Gasteiger partial charge in [-0.25, -0.2) is 0 Å². The van der Waals surface area contributed by atoms with Crippen LogP contribution in [0.1, 0.15) is 37.0 Å². The highest BCUT2D eigenvalue weighted by atomic mass is 35.5. The summed E-state index contributed by atoms with van der Waals surface area (Å²) >= 11 is 5.81. The topological polar surface area (TPSA) is 75.4 Å². The summed E-state index contributed by atoms with van der Waals surface area (Å²) in [6.07, 6.45) is 2.00. The second kappa shape index (κ2) is 9.25. The zero-order valence-electron chi connectivity index (χ0n) is 14.0. The van der Waals surface area contributed by atoms with Crippen molar-refractivity contribution in [3.63, 3.8) is 0 Å². The first-order chi connectivity index (χ1) is 10.9. The summed E-state index contributed by atoms with van der Waals surface area (Å²) in [6, 6.07) is 6.10. The van der Waals surface area contributed by atoms with E-state index in [1.54, 1.807) is 31.2 Å². The Hall–Kier alpha value is -1.30. The first-order valence-electron chi connectivity index (χ1n) is 7.99. The molecule has 0 spiro atoms. The monoisotopic (exact) mass is 373 g/mol. The van der Waals surface area contributed by atoms with Crippen molar-refractivity contribution >= 4 is 35.8 Å². The van der Waals surface area contributed by atoms with Crippen LogP contribution < -0.4 is 11.1 Å².